The van der Waals surface area contributed by atoms with Crippen LogP contribution >= 0.6 is 11.8 Å². The number of carbonyl (C=O) groups excluding carboxylic acids is 1. The van der Waals surface area contributed by atoms with E-state index in [9.17, 15) is 4.79 Å². The lowest BCUT2D eigenvalue weighted by Crippen LogP contribution is -2.35. The Hall–Kier alpha value is -3.65. The van der Waals surface area contributed by atoms with Crippen molar-refractivity contribution in [3.63, 3.8) is 0 Å². The largest absolute Gasteiger partial charge is 0.494 e. The molecule has 2 aliphatic heterocycles. The quantitative estimate of drug-likeness (QED) is 0.361. The van der Waals surface area contributed by atoms with Crippen LogP contribution < -0.4 is 4.74 Å². The van der Waals surface area contributed by atoms with Gasteiger partial charge in [0.2, 0.25) is 0 Å². The molecule has 0 saturated heterocycles. The molecule has 2 aromatic carbocycles. The average Bonchev–Trinajstić information content (AvgIpc) is 3.44. The van der Waals surface area contributed by atoms with E-state index in [-0.39, 0.29) is 16.8 Å². The Labute approximate surface area is 208 Å². The molecule has 0 aliphatic carbocycles. The number of nitrogens with one attached hydrogen (secondary N) is 1. The van der Waals surface area contributed by atoms with Gasteiger partial charge < -0.3 is 9.30 Å². The van der Waals surface area contributed by atoms with Crippen molar-refractivity contribution in [1.29, 1.82) is 5.41 Å². The maximum absolute atomic E-state index is 12.6. The van der Waals surface area contributed by atoms with Crippen molar-refractivity contribution in [3.8, 4) is 5.75 Å². The van der Waals surface area contributed by atoms with Gasteiger partial charge in [-0.2, -0.15) is 15.1 Å². The molecular formula is C27H27N5O2S. The van der Waals surface area contributed by atoms with E-state index < -0.39 is 5.91 Å². The Kier molecular flexibility index (Phi) is 6.06. The van der Waals surface area contributed by atoms with Crippen molar-refractivity contribution in [3.05, 3.63) is 71.4 Å². The van der Waals surface area contributed by atoms with E-state index in [1.54, 1.807) is 11.6 Å². The highest BCUT2D eigenvalue weighted by Crippen LogP contribution is 2.29. The van der Waals surface area contributed by atoms with Gasteiger partial charge in [-0.3, -0.25) is 10.2 Å². The zero-order valence-corrected chi connectivity index (χ0v) is 20.8. The van der Waals surface area contributed by atoms with Crippen LogP contribution in [0.4, 0.5) is 0 Å². The number of thioether (sulfide) groups is 1. The molecule has 0 radical (unpaired) electrons. The predicted octanol–water partition coefficient (Wildman–Crippen LogP) is 5.66. The summed E-state index contributed by atoms with van der Waals surface area (Å²) in [6, 6.07) is 16.4. The fraction of sp³-hybridized carbons (Fsp3) is 0.259. The standard InChI is InChI=1S/C27H27N5O2S/c1-27(2,3)19-9-11-20(12-10-19)34-14-6-13-31-16-18(21-7-4-5-8-23(21)31)15-22-24(28)32-26(30-25(22)33)35-17-29-32/h4-5,7-12,15-17,28H,6,13-14H2,1-3H3/b22-15+,28-24?. The second-order valence-electron chi connectivity index (χ2n) is 9.53. The molecule has 0 spiro atoms. The minimum atomic E-state index is -0.415. The molecule has 0 fully saturated rings. The molecule has 3 aromatic rings. The summed E-state index contributed by atoms with van der Waals surface area (Å²) in [5.41, 5.74) is 5.17. The fourth-order valence-corrected chi connectivity index (χ4v) is 4.75. The Balaban J connectivity index is 1.31. The van der Waals surface area contributed by atoms with Gasteiger partial charge in [0.05, 0.1) is 17.7 Å². The molecule has 7 nitrogen and oxygen atoms in total. The number of amides is 1. The summed E-state index contributed by atoms with van der Waals surface area (Å²) in [5, 5.41) is 15.4. The first-order valence-corrected chi connectivity index (χ1v) is 12.4. The zero-order chi connectivity index (χ0) is 24.6. The Morgan fingerprint density at radius 2 is 1.89 bits per heavy atom. The van der Waals surface area contributed by atoms with E-state index in [4.69, 9.17) is 10.1 Å². The van der Waals surface area contributed by atoms with E-state index >= 15 is 0 Å². The van der Waals surface area contributed by atoms with Gasteiger partial charge in [0.1, 0.15) is 5.75 Å². The molecule has 3 heterocycles. The summed E-state index contributed by atoms with van der Waals surface area (Å²) in [6.07, 6.45) is 4.60. The predicted molar refractivity (Wildman–Crippen MR) is 143 cm³/mol. The van der Waals surface area contributed by atoms with Crippen LogP contribution in [-0.2, 0) is 16.8 Å². The third-order valence-electron chi connectivity index (χ3n) is 6.05. The summed E-state index contributed by atoms with van der Waals surface area (Å²) < 4.78 is 8.14. The molecule has 0 unspecified atom stereocenters. The third kappa shape index (κ3) is 4.66. The van der Waals surface area contributed by atoms with Gasteiger partial charge in [0.15, 0.2) is 11.0 Å². The first-order valence-electron chi connectivity index (χ1n) is 11.6. The topological polar surface area (TPSA) is 83.0 Å². The average molecular weight is 486 g/mol. The Morgan fingerprint density at radius 3 is 2.66 bits per heavy atom. The second kappa shape index (κ2) is 9.19. The molecule has 1 N–H and O–H groups in total. The summed E-state index contributed by atoms with van der Waals surface area (Å²) in [6.45, 7) is 7.97. The van der Waals surface area contributed by atoms with Crippen LogP contribution in [0.2, 0.25) is 0 Å². The van der Waals surface area contributed by atoms with Gasteiger partial charge in [-0.1, -0.05) is 51.1 Å². The Morgan fingerprint density at radius 1 is 1.11 bits per heavy atom. The molecular weight excluding hydrogens is 458 g/mol. The number of ether oxygens (including phenoxy) is 1. The number of aliphatic imine (C=N–C) groups is 1. The number of rotatable bonds is 6. The highest BCUT2D eigenvalue weighted by Gasteiger charge is 2.32. The van der Waals surface area contributed by atoms with Crippen LogP contribution in [0.15, 0.2) is 70.4 Å². The van der Waals surface area contributed by atoms with Crippen molar-refractivity contribution < 1.29 is 9.53 Å². The van der Waals surface area contributed by atoms with E-state index in [0.717, 1.165) is 35.2 Å². The molecule has 8 heteroatoms. The lowest BCUT2D eigenvalue weighted by Gasteiger charge is -2.20. The number of aryl methyl sites for hydroxylation is 1. The highest BCUT2D eigenvalue weighted by atomic mass is 32.2. The van der Waals surface area contributed by atoms with E-state index in [1.807, 2.05) is 36.5 Å². The van der Waals surface area contributed by atoms with Gasteiger partial charge in [0, 0.05) is 29.2 Å². The van der Waals surface area contributed by atoms with Crippen molar-refractivity contribution >= 4 is 51.2 Å². The number of carbonyl (C=O) groups is 1. The summed E-state index contributed by atoms with van der Waals surface area (Å²) in [5.74, 6) is 0.503. The lowest BCUT2D eigenvalue weighted by atomic mass is 9.87. The van der Waals surface area contributed by atoms with Crippen LogP contribution in [0, 0.1) is 5.41 Å². The molecule has 0 saturated carbocycles. The molecule has 1 amide bonds. The van der Waals surface area contributed by atoms with Crippen LogP contribution in [-0.4, -0.2) is 38.6 Å². The fourth-order valence-electron chi connectivity index (χ4n) is 4.14. The van der Waals surface area contributed by atoms with Gasteiger partial charge >= 0.3 is 0 Å². The summed E-state index contributed by atoms with van der Waals surface area (Å²) in [7, 11) is 0. The maximum atomic E-state index is 12.6. The smallest absolute Gasteiger partial charge is 0.283 e. The molecule has 5 rings (SSSR count). The van der Waals surface area contributed by atoms with Gasteiger partial charge in [-0.25, -0.2) is 0 Å². The van der Waals surface area contributed by atoms with Gasteiger partial charge in [-0.05, 0) is 53.4 Å². The van der Waals surface area contributed by atoms with Gasteiger partial charge in [-0.15, -0.1) is 0 Å². The Bertz CT molecular complexity index is 1390. The number of benzene rings is 2. The normalized spacial score (nSPS) is 16.8. The van der Waals surface area contributed by atoms with E-state index in [0.29, 0.717) is 11.8 Å². The molecule has 0 bridgehead atoms. The minimum Gasteiger partial charge on any atom is -0.494 e. The number of nitrogens with zero attached hydrogens (tertiary/aromatic N) is 4. The first-order chi connectivity index (χ1) is 16.8. The highest BCUT2D eigenvalue weighted by molar-refractivity contribution is 8.25. The first kappa shape index (κ1) is 23.1. The SMILES string of the molecule is CC(C)(C)c1ccc(OCCCn2cc(/C=C3\C(=N)N4N=CSC4=NC3=O)c3ccccc32)cc1. The third-order valence-corrected chi connectivity index (χ3v) is 6.72. The molecule has 178 valence electrons. The summed E-state index contributed by atoms with van der Waals surface area (Å²) >= 11 is 1.24. The number of fused-ring (bicyclic) bond motifs is 2. The van der Waals surface area contributed by atoms with Crippen molar-refractivity contribution in [2.45, 2.75) is 39.2 Å². The monoisotopic (exact) mass is 485 g/mol. The summed E-state index contributed by atoms with van der Waals surface area (Å²) in [4.78, 5) is 16.7. The molecule has 2 aliphatic rings. The molecule has 35 heavy (non-hydrogen) atoms. The van der Waals surface area contributed by atoms with Crippen molar-refractivity contribution in [2.75, 3.05) is 6.61 Å². The van der Waals surface area contributed by atoms with Gasteiger partial charge in [0.25, 0.3) is 5.91 Å². The number of para-hydroxylation sites is 1. The number of hydrazone groups is 1. The van der Waals surface area contributed by atoms with Crippen molar-refractivity contribution in [2.24, 2.45) is 10.1 Å². The van der Waals surface area contributed by atoms with Crippen LogP contribution in [0.1, 0.15) is 38.3 Å². The minimum absolute atomic E-state index is 0.0453. The zero-order valence-electron chi connectivity index (χ0n) is 20.0. The molecule has 1 aromatic heterocycles. The van der Waals surface area contributed by atoms with Crippen LogP contribution in [0.25, 0.3) is 17.0 Å². The number of hydrogen-bond acceptors (Lipinski definition) is 5. The number of hydrogen-bond donors (Lipinski definition) is 1. The van der Waals surface area contributed by atoms with Crippen LogP contribution in [0.3, 0.4) is 0 Å². The maximum Gasteiger partial charge on any atom is 0.283 e. The molecule has 0 atom stereocenters. The lowest BCUT2D eigenvalue weighted by molar-refractivity contribution is -0.114. The van der Waals surface area contributed by atoms with E-state index in [2.05, 4.69) is 53.6 Å². The number of amidine groups is 2. The van der Waals surface area contributed by atoms with E-state index in [1.165, 1.54) is 22.3 Å². The second-order valence-corrected chi connectivity index (χ2v) is 10.3. The number of aromatic nitrogens is 1. The van der Waals surface area contributed by atoms with Crippen molar-refractivity contribution in [1.82, 2.24) is 9.58 Å². The van der Waals surface area contributed by atoms with Crippen LogP contribution in [0.5, 0.6) is 5.75 Å².